The first kappa shape index (κ1) is 22.5. The summed E-state index contributed by atoms with van der Waals surface area (Å²) >= 11 is 0. The molecule has 0 radical (unpaired) electrons. The van der Waals surface area contributed by atoms with Crippen LogP contribution in [0.1, 0.15) is 12.5 Å². The first-order valence-electron chi connectivity index (χ1n) is 10.3. The van der Waals surface area contributed by atoms with Gasteiger partial charge in [-0.2, -0.15) is 0 Å². The summed E-state index contributed by atoms with van der Waals surface area (Å²) < 4.78 is 11.8. The standard InChI is InChI=1S/C25H22N4O5/c1-16(26-18-6-14-22(34-3)15-7-18)23-24(17-4-12-21(33-2)13-5-17)27-28(25(23)30)19-8-10-20(11-9-19)29(31)32/h4-15,27H,1-3H3. The van der Waals surface area contributed by atoms with Gasteiger partial charge in [-0.15, -0.1) is 0 Å². The number of nitro benzene ring substituents is 1. The number of methoxy groups -OCH3 is 2. The Morgan fingerprint density at radius 1 is 0.912 bits per heavy atom. The van der Waals surface area contributed by atoms with E-state index < -0.39 is 4.92 Å². The number of aromatic amines is 1. The molecule has 34 heavy (non-hydrogen) atoms. The zero-order valence-electron chi connectivity index (χ0n) is 18.8. The van der Waals surface area contributed by atoms with E-state index in [4.69, 9.17) is 9.47 Å². The summed E-state index contributed by atoms with van der Waals surface area (Å²) in [6.07, 6.45) is 0. The lowest BCUT2D eigenvalue weighted by molar-refractivity contribution is -0.384. The number of aromatic nitrogens is 2. The molecule has 1 heterocycles. The average molecular weight is 458 g/mol. The number of hydrogen-bond acceptors (Lipinski definition) is 6. The van der Waals surface area contributed by atoms with Crippen LogP contribution in [0.15, 0.2) is 82.6 Å². The van der Waals surface area contributed by atoms with Crippen molar-refractivity contribution in [3.63, 3.8) is 0 Å². The highest BCUT2D eigenvalue weighted by molar-refractivity contribution is 6.04. The molecule has 9 nitrogen and oxygen atoms in total. The van der Waals surface area contributed by atoms with Gasteiger partial charge in [-0.1, -0.05) is 0 Å². The van der Waals surface area contributed by atoms with Crippen LogP contribution in [0.25, 0.3) is 16.9 Å². The van der Waals surface area contributed by atoms with Crippen molar-refractivity contribution in [3.05, 3.63) is 98.8 Å². The van der Waals surface area contributed by atoms with E-state index in [1.807, 2.05) is 12.1 Å². The van der Waals surface area contributed by atoms with Crippen LogP contribution in [0.5, 0.6) is 11.5 Å². The number of nitro groups is 1. The van der Waals surface area contributed by atoms with E-state index >= 15 is 0 Å². The van der Waals surface area contributed by atoms with Gasteiger partial charge in [-0.05, 0) is 67.6 Å². The van der Waals surface area contributed by atoms with Crippen LogP contribution in [0.2, 0.25) is 0 Å². The normalized spacial score (nSPS) is 11.3. The van der Waals surface area contributed by atoms with E-state index in [2.05, 4.69) is 10.1 Å². The van der Waals surface area contributed by atoms with Gasteiger partial charge in [0.1, 0.15) is 11.5 Å². The third-order valence-electron chi connectivity index (χ3n) is 5.32. The van der Waals surface area contributed by atoms with Gasteiger partial charge in [0, 0.05) is 17.7 Å². The van der Waals surface area contributed by atoms with Crippen molar-refractivity contribution < 1.29 is 14.4 Å². The molecule has 3 aromatic carbocycles. The molecule has 0 fully saturated rings. The van der Waals surface area contributed by atoms with Crippen molar-refractivity contribution in [2.75, 3.05) is 14.2 Å². The minimum absolute atomic E-state index is 0.0591. The highest BCUT2D eigenvalue weighted by Gasteiger charge is 2.20. The fraction of sp³-hybridized carbons (Fsp3) is 0.120. The molecule has 0 unspecified atom stereocenters. The second-order valence-electron chi connectivity index (χ2n) is 7.40. The Labute approximate surface area is 195 Å². The van der Waals surface area contributed by atoms with Crippen molar-refractivity contribution in [3.8, 4) is 28.4 Å². The third-order valence-corrected chi connectivity index (χ3v) is 5.32. The minimum atomic E-state index is -0.485. The Kier molecular flexibility index (Phi) is 6.26. The number of nitrogens with zero attached hydrogens (tertiary/aromatic N) is 3. The van der Waals surface area contributed by atoms with Crippen molar-refractivity contribution in [1.29, 1.82) is 0 Å². The number of nitrogens with one attached hydrogen (secondary N) is 1. The van der Waals surface area contributed by atoms with Crippen molar-refractivity contribution in [2.45, 2.75) is 6.92 Å². The molecule has 0 bridgehead atoms. The van der Waals surface area contributed by atoms with E-state index in [9.17, 15) is 14.9 Å². The molecule has 0 aliphatic rings. The Hall–Kier alpha value is -4.66. The van der Waals surface area contributed by atoms with E-state index in [0.29, 0.717) is 39.8 Å². The van der Waals surface area contributed by atoms with E-state index in [-0.39, 0.29) is 11.2 Å². The van der Waals surface area contributed by atoms with E-state index in [0.717, 1.165) is 5.56 Å². The molecule has 0 atom stereocenters. The fourth-order valence-corrected chi connectivity index (χ4v) is 3.55. The molecule has 4 aromatic rings. The van der Waals surface area contributed by atoms with Crippen LogP contribution < -0.4 is 15.0 Å². The SMILES string of the molecule is COc1ccc(N=C(C)c2c(-c3ccc(OC)cc3)[nH]n(-c3ccc([N+](=O)[O-])cc3)c2=O)cc1. The zero-order valence-corrected chi connectivity index (χ0v) is 18.8. The van der Waals surface area contributed by atoms with E-state index in [1.165, 1.54) is 28.9 Å². The summed E-state index contributed by atoms with van der Waals surface area (Å²) in [4.78, 5) is 28.7. The Morgan fingerprint density at radius 3 is 2.00 bits per heavy atom. The van der Waals surface area contributed by atoms with Gasteiger partial charge in [-0.25, -0.2) is 4.68 Å². The largest absolute Gasteiger partial charge is 0.497 e. The van der Waals surface area contributed by atoms with Crippen molar-refractivity contribution in [2.24, 2.45) is 4.99 Å². The average Bonchev–Trinajstić information content (AvgIpc) is 3.21. The predicted octanol–water partition coefficient (Wildman–Crippen LogP) is 4.90. The number of aliphatic imine (C=N–C) groups is 1. The predicted molar refractivity (Wildman–Crippen MR) is 130 cm³/mol. The first-order valence-corrected chi connectivity index (χ1v) is 10.3. The number of rotatable bonds is 7. The molecule has 1 aromatic heterocycles. The number of ether oxygens (including phenoxy) is 2. The van der Waals surface area contributed by atoms with Crippen LogP contribution in [0, 0.1) is 10.1 Å². The highest BCUT2D eigenvalue weighted by atomic mass is 16.6. The zero-order chi connectivity index (χ0) is 24.2. The van der Waals surface area contributed by atoms with Crippen molar-refractivity contribution >= 4 is 17.1 Å². The van der Waals surface area contributed by atoms with Gasteiger partial charge in [0.15, 0.2) is 0 Å². The lowest BCUT2D eigenvalue weighted by atomic mass is 10.0. The second kappa shape index (κ2) is 9.45. The van der Waals surface area contributed by atoms with Crippen LogP contribution in [0.4, 0.5) is 11.4 Å². The van der Waals surface area contributed by atoms with Crippen LogP contribution >= 0.6 is 0 Å². The molecule has 0 aliphatic carbocycles. The topological polar surface area (TPSA) is 112 Å². The minimum Gasteiger partial charge on any atom is -0.497 e. The van der Waals surface area contributed by atoms with Crippen LogP contribution in [-0.2, 0) is 0 Å². The molecule has 4 rings (SSSR count). The van der Waals surface area contributed by atoms with Gasteiger partial charge in [0.25, 0.3) is 11.2 Å². The summed E-state index contributed by atoms with van der Waals surface area (Å²) in [6.45, 7) is 1.77. The summed E-state index contributed by atoms with van der Waals surface area (Å²) in [5.74, 6) is 1.39. The summed E-state index contributed by atoms with van der Waals surface area (Å²) in [7, 11) is 3.17. The van der Waals surface area contributed by atoms with Crippen LogP contribution in [0.3, 0.4) is 0 Å². The molecule has 0 spiro atoms. The highest BCUT2D eigenvalue weighted by Crippen LogP contribution is 2.26. The van der Waals surface area contributed by atoms with Gasteiger partial charge >= 0.3 is 0 Å². The van der Waals surface area contributed by atoms with Gasteiger partial charge in [0.05, 0.1) is 47.5 Å². The molecule has 0 saturated heterocycles. The molecule has 9 heteroatoms. The lowest BCUT2D eigenvalue weighted by Gasteiger charge is -2.05. The maximum Gasteiger partial charge on any atom is 0.280 e. The maximum atomic E-state index is 13.5. The monoisotopic (exact) mass is 458 g/mol. The summed E-state index contributed by atoms with van der Waals surface area (Å²) in [6, 6.07) is 20.2. The number of hydrogen-bond donors (Lipinski definition) is 1. The number of H-pyrrole nitrogens is 1. The fourth-order valence-electron chi connectivity index (χ4n) is 3.55. The van der Waals surface area contributed by atoms with Crippen molar-refractivity contribution in [1.82, 2.24) is 9.78 Å². The van der Waals surface area contributed by atoms with E-state index in [1.54, 1.807) is 57.5 Å². The molecule has 0 saturated carbocycles. The smallest absolute Gasteiger partial charge is 0.280 e. The third kappa shape index (κ3) is 4.44. The lowest BCUT2D eigenvalue weighted by Crippen LogP contribution is -2.19. The summed E-state index contributed by atoms with van der Waals surface area (Å²) in [5, 5.41) is 14.2. The number of non-ortho nitro benzene ring substituents is 1. The summed E-state index contributed by atoms with van der Waals surface area (Å²) in [5.41, 5.74) is 2.98. The molecule has 172 valence electrons. The molecule has 1 N–H and O–H groups in total. The molecular formula is C25H22N4O5. The Morgan fingerprint density at radius 2 is 1.47 bits per heavy atom. The maximum absolute atomic E-state index is 13.5. The molecule has 0 aliphatic heterocycles. The van der Waals surface area contributed by atoms with Gasteiger partial charge in [-0.3, -0.25) is 25.0 Å². The van der Waals surface area contributed by atoms with Gasteiger partial charge < -0.3 is 9.47 Å². The second-order valence-corrected chi connectivity index (χ2v) is 7.40. The molecular weight excluding hydrogens is 436 g/mol. The number of benzene rings is 3. The Bertz CT molecular complexity index is 1400. The Balaban J connectivity index is 1.86. The quantitative estimate of drug-likeness (QED) is 0.241. The first-order chi connectivity index (χ1) is 16.4. The van der Waals surface area contributed by atoms with Crippen LogP contribution in [-0.4, -0.2) is 34.6 Å². The molecule has 0 amide bonds. The van der Waals surface area contributed by atoms with Gasteiger partial charge in [0.2, 0.25) is 0 Å².